The molecule has 1 N–H and O–H groups in total. The summed E-state index contributed by atoms with van der Waals surface area (Å²) in [6, 6.07) is 10.9. The topological polar surface area (TPSA) is 78.3 Å². The fraction of sp³-hybridized carbons (Fsp3) is 0.150. The number of aromatic nitrogens is 3. The van der Waals surface area contributed by atoms with Gasteiger partial charge in [-0.05, 0) is 42.3 Å². The Labute approximate surface area is 157 Å². The van der Waals surface area contributed by atoms with E-state index in [2.05, 4.69) is 22.0 Å². The summed E-state index contributed by atoms with van der Waals surface area (Å²) < 4.78 is 12.5. The van der Waals surface area contributed by atoms with E-state index in [1.54, 1.807) is 48.6 Å². The molecular formula is C20H20N4O3. The molecule has 3 rings (SSSR count). The van der Waals surface area contributed by atoms with Crippen LogP contribution in [0.3, 0.4) is 0 Å². The summed E-state index contributed by atoms with van der Waals surface area (Å²) in [5.74, 6) is 1.46. The molecule has 0 aliphatic rings. The maximum Gasteiger partial charge on any atom is 0.262 e. The molecule has 0 radical (unpaired) electrons. The molecule has 0 fully saturated rings. The second-order valence-electron chi connectivity index (χ2n) is 5.67. The van der Waals surface area contributed by atoms with Gasteiger partial charge in [-0.2, -0.15) is 5.10 Å². The van der Waals surface area contributed by atoms with Gasteiger partial charge in [-0.3, -0.25) is 4.79 Å². The molecular weight excluding hydrogens is 344 g/mol. The molecule has 7 heteroatoms. The third-order valence-corrected chi connectivity index (χ3v) is 3.74. The molecule has 0 bridgehead atoms. The van der Waals surface area contributed by atoms with Crippen molar-refractivity contribution in [3.05, 3.63) is 73.2 Å². The quantitative estimate of drug-likeness (QED) is 0.622. The van der Waals surface area contributed by atoms with Crippen molar-refractivity contribution in [2.45, 2.75) is 6.42 Å². The number of hydrogen-bond donors (Lipinski definition) is 1. The van der Waals surface area contributed by atoms with E-state index in [0.717, 1.165) is 12.0 Å². The predicted molar refractivity (Wildman–Crippen MR) is 102 cm³/mol. The van der Waals surface area contributed by atoms with Gasteiger partial charge in [-0.1, -0.05) is 12.1 Å². The number of nitrogens with one attached hydrogen (secondary N) is 1. The van der Waals surface area contributed by atoms with Crippen LogP contribution >= 0.6 is 0 Å². The van der Waals surface area contributed by atoms with E-state index in [-0.39, 0.29) is 12.5 Å². The molecule has 0 saturated heterocycles. The Morgan fingerprint density at radius 3 is 2.85 bits per heavy atom. The van der Waals surface area contributed by atoms with Crippen LogP contribution in [0.25, 0.3) is 5.82 Å². The minimum atomic E-state index is -0.291. The van der Waals surface area contributed by atoms with E-state index >= 15 is 0 Å². The van der Waals surface area contributed by atoms with E-state index in [9.17, 15) is 4.79 Å². The zero-order chi connectivity index (χ0) is 19.1. The van der Waals surface area contributed by atoms with Gasteiger partial charge < -0.3 is 14.8 Å². The highest BCUT2D eigenvalue weighted by molar-refractivity contribution is 5.91. The highest BCUT2D eigenvalue weighted by Crippen LogP contribution is 2.28. The number of hydrogen-bond acceptors (Lipinski definition) is 5. The van der Waals surface area contributed by atoms with Crippen LogP contribution in [0.4, 0.5) is 5.69 Å². The zero-order valence-corrected chi connectivity index (χ0v) is 15.0. The number of amides is 1. The van der Waals surface area contributed by atoms with Crippen LogP contribution in [-0.2, 0) is 11.2 Å². The molecule has 1 amide bonds. The fourth-order valence-corrected chi connectivity index (χ4v) is 2.47. The van der Waals surface area contributed by atoms with Gasteiger partial charge in [0.25, 0.3) is 5.91 Å². The molecule has 0 aliphatic heterocycles. The Balaban J connectivity index is 1.57. The lowest BCUT2D eigenvalue weighted by Gasteiger charge is -2.12. The minimum Gasteiger partial charge on any atom is -0.493 e. The second-order valence-corrected chi connectivity index (χ2v) is 5.67. The van der Waals surface area contributed by atoms with Crippen LogP contribution in [0.2, 0.25) is 0 Å². The van der Waals surface area contributed by atoms with E-state index in [1.165, 1.54) is 0 Å². The number of ether oxygens (including phenoxy) is 2. The summed E-state index contributed by atoms with van der Waals surface area (Å²) >= 11 is 0. The molecule has 0 unspecified atom stereocenters. The average Bonchev–Trinajstić information content (AvgIpc) is 3.22. The first-order valence-corrected chi connectivity index (χ1v) is 8.36. The van der Waals surface area contributed by atoms with Gasteiger partial charge in [-0.15, -0.1) is 6.58 Å². The number of rotatable bonds is 8. The van der Waals surface area contributed by atoms with Crippen LogP contribution < -0.4 is 14.8 Å². The Kier molecular flexibility index (Phi) is 5.84. The average molecular weight is 364 g/mol. The van der Waals surface area contributed by atoms with Crippen molar-refractivity contribution in [1.29, 1.82) is 0 Å². The van der Waals surface area contributed by atoms with E-state index < -0.39 is 0 Å². The smallest absolute Gasteiger partial charge is 0.262 e. The van der Waals surface area contributed by atoms with Gasteiger partial charge in [-0.25, -0.2) is 9.67 Å². The largest absolute Gasteiger partial charge is 0.493 e. The predicted octanol–water partition coefficient (Wildman–Crippen LogP) is 3.02. The summed E-state index contributed by atoms with van der Waals surface area (Å²) in [4.78, 5) is 16.4. The lowest BCUT2D eigenvalue weighted by Crippen LogP contribution is -2.20. The monoisotopic (exact) mass is 364 g/mol. The standard InChI is InChI=1S/C20H20N4O3/c1-3-5-15-6-8-17(18(12-15)26-2)27-14-20(25)23-16-7-9-19(21-13-16)24-11-4-10-22-24/h3-4,6-13H,1,5,14H2,2H3,(H,23,25). The van der Waals surface area contributed by atoms with Gasteiger partial charge in [0.2, 0.25) is 0 Å². The highest BCUT2D eigenvalue weighted by atomic mass is 16.5. The SMILES string of the molecule is C=CCc1ccc(OCC(=O)Nc2ccc(-n3cccn3)nc2)c(OC)c1. The van der Waals surface area contributed by atoms with Crippen molar-refractivity contribution < 1.29 is 14.3 Å². The molecule has 0 atom stereocenters. The van der Waals surface area contributed by atoms with Gasteiger partial charge in [0.05, 0.1) is 19.0 Å². The number of pyridine rings is 1. The molecule has 2 aromatic heterocycles. The number of carbonyl (C=O) groups is 1. The number of allylic oxidation sites excluding steroid dienone is 1. The van der Waals surface area contributed by atoms with E-state index in [4.69, 9.17) is 9.47 Å². The van der Waals surface area contributed by atoms with Crippen molar-refractivity contribution >= 4 is 11.6 Å². The van der Waals surface area contributed by atoms with Gasteiger partial charge in [0.15, 0.2) is 23.9 Å². The number of anilines is 1. The van der Waals surface area contributed by atoms with E-state index in [1.807, 2.05) is 24.3 Å². The molecule has 2 heterocycles. The highest BCUT2D eigenvalue weighted by Gasteiger charge is 2.09. The van der Waals surface area contributed by atoms with Gasteiger partial charge in [0.1, 0.15) is 0 Å². The fourth-order valence-electron chi connectivity index (χ4n) is 2.47. The Morgan fingerprint density at radius 2 is 2.19 bits per heavy atom. The zero-order valence-electron chi connectivity index (χ0n) is 15.0. The van der Waals surface area contributed by atoms with Crippen molar-refractivity contribution in [2.75, 3.05) is 19.0 Å². The van der Waals surface area contributed by atoms with Crippen molar-refractivity contribution in [3.8, 4) is 17.3 Å². The summed E-state index contributed by atoms with van der Waals surface area (Å²) in [6.45, 7) is 3.58. The van der Waals surface area contributed by atoms with E-state index in [0.29, 0.717) is 23.0 Å². The van der Waals surface area contributed by atoms with Crippen LogP contribution in [0, 0.1) is 0 Å². The number of carbonyl (C=O) groups excluding carboxylic acids is 1. The molecule has 27 heavy (non-hydrogen) atoms. The normalized spacial score (nSPS) is 10.3. The first kappa shape index (κ1) is 18.2. The third-order valence-electron chi connectivity index (χ3n) is 3.74. The third kappa shape index (κ3) is 4.72. The Bertz CT molecular complexity index is 905. The maximum absolute atomic E-state index is 12.1. The second kappa shape index (κ2) is 8.66. The van der Waals surface area contributed by atoms with Crippen LogP contribution in [-0.4, -0.2) is 34.4 Å². The van der Waals surface area contributed by atoms with Crippen LogP contribution in [0.15, 0.2) is 67.6 Å². The summed E-state index contributed by atoms with van der Waals surface area (Å²) in [5, 5.41) is 6.85. The molecule has 0 saturated carbocycles. The molecule has 1 aromatic carbocycles. The van der Waals surface area contributed by atoms with Crippen molar-refractivity contribution in [2.24, 2.45) is 0 Å². The molecule has 0 aliphatic carbocycles. The van der Waals surface area contributed by atoms with Crippen LogP contribution in [0.5, 0.6) is 11.5 Å². The summed E-state index contributed by atoms with van der Waals surface area (Å²) in [5.41, 5.74) is 1.63. The summed E-state index contributed by atoms with van der Waals surface area (Å²) in [6.07, 6.45) is 7.59. The molecule has 0 spiro atoms. The van der Waals surface area contributed by atoms with Crippen molar-refractivity contribution in [1.82, 2.24) is 14.8 Å². The van der Waals surface area contributed by atoms with Gasteiger partial charge in [0, 0.05) is 12.4 Å². The maximum atomic E-state index is 12.1. The summed E-state index contributed by atoms with van der Waals surface area (Å²) in [7, 11) is 1.56. The first-order valence-electron chi connectivity index (χ1n) is 8.36. The Hall–Kier alpha value is -3.61. The van der Waals surface area contributed by atoms with Gasteiger partial charge >= 0.3 is 0 Å². The lowest BCUT2D eigenvalue weighted by atomic mass is 10.1. The number of benzene rings is 1. The lowest BCUT2D eigenvalue weighted by molar-refractivity contribution is -0.118. The first-order chi connectivity index (χ1) is 13.2. The number of nitrogens with zero attached hydrogens (tertiary/aromatic N) is 3. The van der Waals surface area contributed by atoms with Crippen LogP contribution in [0.1, 0.15) is 5.56 Å². The molecule has 3 aromatic rings. The minimum absolute atomic E-state index is 0.141. The number of methoxy groups -OCH3 is 1. The Morgan fingerprint density at radius 1 is 1.30 bits per heavy atom. The van der Waals surface area contributed by atoms with Crippen molar-refractivity contribution in [3.63, 3.8) is 0 Å². The molecule has 138 valence electrons. The molecule has 7 nitrogen and oxygen atoms in total.